The fourth-order valence-corrected chi connectivity index (χ4v) is 5.66. The van der Waals surface area contributed by atoms with Gasteiger partial charge in [0, 0.05) is 22.8 Å². The first kappa shape index (κ1) is 22.3. The molecule has 2 heterocycles. The third kappa shape index (κ3) is 4.22. The van der Waals surface area contributed by atoms with E-state index in [4.69, 9.17) is 16.3 Å². The second-order valence-corrected chi connectivity index (χ2v) is 9.11. The number of nitrogens with zero attached hydrogens (tertiary/aromatic N) is 1. The van der Waals surface area contributed by atoms with Gasteiger partial charge in [0.1, 0.15) is 16.7 Å². The molecule has 4 rings (SSSR count). The zero-order valence-corrected chi connectivity index (χ0v) is 18.2. The molecular formula is C22H18ClFN2O5S. The molecule has 2 aromatic carbocycles. The Morgan fingerprint density at radius 3 is 2.53 bits per heavy atom. The number of thioether (sulfide) groups is 1. The molecule has 0 spiro atoms. The molecule has 3 amide bonds. The number of nitrogens with one attached hydrogen (secondary N) is 1. The van der Waals surface area contributed by atoms with Crippen molar-refractivity contribution in [2.75, 3.05) is 12.4 Å². The maximum Gasteiger partial charge on any atom is 0.330 e. The zero-order chi connectivity index (χ0) is 22.9. The van der Waals surface area contributed by atoms with Crippen LogP contribution in [0, 0.1) is 5.82 Å². The minimum Gasteiger partial charge on any atom is -0.454 e. The highest BCUT2D eigenvalue weighted by Gasteiger charge is 2.57. The van der Waals surface area contributed by atoms with Crippen molar-refractivity contribution in [2.24, 2.45) is 0 Å². The minimum atomic E-state index is -0.875. The van der Waals surface area contributed by atoms with Crippen LogP contribution in [0.25, 0.3) is 0 Å². The van der Waals surface area contributed by atoms with Crippen molar-refractivity contribution in [3.63, 3.8) is 0 Å². The Balaban J connectivity index is 1.39. The van der Waals surface area contributed by atoms with E-state index in [1.54, 1.807) is 12.1 Å². The van der Waals surface area contributed by atoms with Gasteiger partial charge in [-0.1, -0.05) is 23.7 Å². The van der Waals surface area contributed by atoms with Gasteiger partial charge in [0.25, 0.3) is 11.8 Å². The number of esters is 1. The summed E-state index contributed by atoms with van der Waals surface area (Å²) in [5, 5.41) is 2.58. The average Bonchev–Trinajstić information content (AvgIpc) is 3.32. The molecule has 166 valence electrons. The van der Waals surface area contributed by atoms with Crippen LogP contribution in [0.1, 0.15) is 28.8 Å². The van der Waals surface area contributed by atoms with E-state index < -0.39 is 35.3 Å². The Morgan fingerprint density at radius 1 is 1.16 bits per heavy atom. The monoisotopic (exact) mass is 476 g/mol. The van der Waals surface area contributed by atoms with Crippen LogP contribution in [0.3, 0.4) is 0 Å². The molecule has 0 bridgehead atoms. The molecule has 0 saturated carbocycles. The molecule has 32 heavy (non-hydrogen) atoms. The van der Waals surface area contributed by atoms with E-state index in [-0.39, 0.29) is 29.5 Å². The number of rotatable bonds is 5. The van der Waals surface area contributed by atoms with Crippen LogP contribution < -0.4 is 5.32 Å². The van der Waals surface area contributed by atoms with Gasteiger partial charge in [-0.05, 0) is 48.4 Å². The lowest BCUT2D eigenvalue weighted by molar-refractivity contribution is -0.156. The SMILES string of the molecule is O=C(COC(=O)[C@H]1CS[C@]2(c3ccc(F)cc3)CCC(=O)N12)NC(=O)c1ccc(Cl)cc1. The summed E-state index contributed by atoms with van der Waals surface area (Å²) in [6.45, 7) is -0.662. The molecule has 0 radical (unpaired) electrons. The fourth-order valence-electron chi connectivity index (χ4n) is 3.90. The molecule has 2 saturated heterocycles. The summed E-state index contributed by atoms with van der Waals surface area (Å²) in [5.41, 5.74) is 0.962. The summed E-state index contributed by atoms with van der Waals surface area (Å²) in [7, 11) is 0. The Bertz CT molecular complexity index is 1080. The highest BCUT2D eigenvalue weighted by atomic mass is 35.5. The Morgan fingerprint density at radius 2 is 1.84 bits per heavy atom. The number of carbonyl (C=O) groups excluding carboxylic acids is 4. The van der Waals surface area contributed by atoms with Gasteiger partial charge in [-0.25, -0.2) is 9.18 Å². The van der Waals surface area contributed by atoms with Crippen LogP contribution in [0.2, 0.25) is 5.02 Å². The lowest BCUT2D eigenvalue weighted by Gasteiger charge is -2.33. The average molecular weight is 477 g/mol. The van der Waals surface area contributed by atoms with Crippen LogP contribution in [0.15, 0.2) is 48.5 Å². The first-order valence-electron chi connectivity index (χ1n) is 9.79. The predicted molar refractivity (Wildman–Crippen MR) is 115 cm³/mol. The highest BCUT2D eigenvalue weighted by molar-refractivity contribution is 8.00. The van der Waals surface area contributed by atoms with Crippen molar-refractivity contribution in [3.05, 3.63) is 70.5 Å². The van der Waals surface area contributed by atoms with Crippen molar-refractivity contribution >= 4 is 47.1 Å². The molecule has 7 nitrogen and oxygen atoms in total. The number of amides is 3. The van der Waals surface area contributed by atoms with Crippen LogP contribution >= 0.6 is 23.4 Å². The normalized spacial score (nSPS) is 21.9. The summed E-state index contributed by atoms with van der Waals surface area (Å²) < 4.78 is 18.5. The van der Waals surface area contributed by atoms with Gasteiger partial charge in [-0.2, -0.15) is 0 Å². The number of benzene rings is 2. The van der Waals surface area contributed by atoms with Gasteiger partial charge < -0.3 is 9.64 Å². The third-order valence-electron chi connectivity index (χ3n) is 5.40. The predicted octanol–water partition coefficient (Wildman–Crippen LogP) is 2.87. The van der Waals surface area contributed by atoms with Crippen molar-refractivity contribution in [3.8, 4) is 0 Å². The fraction of sp³-hybridized carbons (Fsp3) is 0.273. The summed E-state index contributed by atoms with van der Waals surface area (Å²) in [6.07, 6.45) is 0.742. The largest absolute Gasteiger partial charge is 0.454 e. The van der Waals surface area contributed by atoms with Crippen molar-refractivity contribution in [2.45, 2.75) is 23.8 Å². The summed E-state index contributed by atoms with van der Waals surface area (Å²) in [5.74, 6) is -2.48. The first-order chi connectivity index (χ1) is 15.3. The molecule has 2 aliphatic heterocycles. The standard InChI is InChI=1S/C22H18ClFN2O5S/c23-15-5-1-13(2-6-15)20(29)25-18(27)11-31-21(30)17-12-32-22(10-9-19(28)26(17)22)14-3-7-16(24)8-4-14/h1-8,17H,9-12H2,(H,25,27,29)/t17-,22+/m1/s1. The topological polar surface area (TPSA) is 92.8 Å². The molecular weight excluding hydrogens is 459 g/mol. The second kappa shape index (κ2) is 8.91. The molecule has 0 aromatic heterocycles. The first-order valence-corrected chi connectivity index (χ1v) is 11.1. The number of halogens is 2. The van der Waals surface area contributed by atoms with E-state index in [2.05, 4.69) is 5.32 Å². The highest BCUT2D eigenvalue weighted by Crippen LogP contribution is 2.54. The smallest absolute Gasteiger partial charge is 0.330 e. The lowest BCUT2D eigenvalue weighted by atomic mass is 10.0. The second-order valence-electron chi connectivity index (χ2n) is 7.37. The van der Waals surface area contributed by atoms with Crippen LogP contribution in [-0.4, -0.2) is 47.0 Å². The quantitative estimate of drug-likeness (QED) is 0.667. The van der Waals surface area contributed by atoms with Gasteiger partial charge in [0.2, 0.25) is 5.91 Å². The van der Waals surface area contributed by atoms with Gasteiger partial charge in [-0.3, -0.25) is 19.7 Å². The molecule has 10 heteroatoms. The number of ether oxygens (including phenoxy) is 1. The molecule has 0 aliphatic carbocycles. The Hall–Kier alpha value is -2.91. The van der Waals surface area contributed by atoms with Crippen molar-refractivity contribution in [1.82, 2.24) is 10.2 Å². The molecule has 0 unspecified atom stereocenters. The molecule has 2 fully saturated rings. The molecule has 2 aromatic rings. The lowest BCUT2D eigenvalue weighted by Crippen LogP contribution is -2.47. The molecule has 2 aliphatic rings. The van der Waals surface area contributed by atoms with E-state index in [1.165, 1.54) is 53.1 Å². The maximum atomic E-state index is 13.4. The van der Waals surface area contributed by atoms with Crippen LogP contribution in [0.4, 0.5) is 4.39 Å². The van der Waals surface area contributed by atoms with Crippen LogP contribution in [-0.2, 0) is 24.0 Å². The summed E-state index contributed by atoms with van der Waals surface area (Å²) in [6, 6.07) is 10.9. The maximum absolute atomic E-state index is 13.4. The van der Waals surface area contributed by atoms with Gasteiger partial charge >= 0.3 is 5.97 Å². The zero-order valence-electron chi connectivity index (χ0n) is 16.7. The Labute approximate surface area is 192 Å². The number of imide groups is 1. The van der Waals surface area contributed by atoms with Gasteiger partial charge in [0.15, 0.2) is 6.61 Å². The van der Waals surface area contributed by atoms with E-state index in [9.17, 15) is 23.6 Å². The summed E-state index contributed by atoms with van der Waals surface area (Å²) in [4.78, 5) is 50.1. The summed E-state index contributed by atoms with van der Waals surface area (Å²) >= 11 is 7.19. The number of fused-ring (bicyclic) bond motifs is 1. The molecule has 2 atom stereocenters. The minimum absolute atomic E-state index is 0.205. The van der Waals surface area contributed by atoms with Crippen molar-refractivity contribution < 1.29 is 28.3 Å². The number of hydrogen-bond acceptors (Lipinski definition) is 6. The van der Waals surface area contributed by atoms with E-state index in [0.29, 0.717) is 11.4 Å². The van der Waals surface area contributed by atoms with E-state index in [0.717, 1.165) is 5.56 Å². The van der Waals surface area contributed by atoms with E-state index in [1.807, 2.05) is 0 Å². The molecule has 1 N–H and O–H groups in total. The van der Waals surface area contributed by atoms with Crippen molar-refractivity contribution in [1.29, 1.82) is 0 Å². The van der Waals surface area contributed by atoms with Gasteiger partial charge in [-0.15, -0.1) is 11.8 Å². The van der Waals surface area contributed by atoms with Gasteiger partial charge in [0.05, 0.1) is 0 Å². The Kier molecular flexibility index (Phi) is 6.21. The number of hydrogen-bond donors (Lipinski definition) is 1. The number of carbonyl (C=O) groups is 4. The third-order valence-corrected chi connectivity index (χ3v) is 7.25. The van der Waals surface area contributed by atoms with E-state index >= 15 is 0 Å². The van der Waals surface area contributed by atoms with Crippen LogP contribution in [0.5, 0.6) is 0 Å².